The zero-order chi connectivity index (χ0) is 24.9. The lowest BCUT2D eigenvalue weighted by Gasteiger charge is -2.32. The Morgan fingerprint density at radius 1 is 1.00 bits per heavy atom. The summed E-state index contributed by atoms with van der Waals surface area (Å²) in [5.41, 5.74) is -8.45. The first-order valence-corrected chi connectivity index (χ1v) is 9.32. The van der Waals surface area contributed by atoms with E-state index in [1.165, 1.54) is 6.92 Å². The van der Waals surface area contributed by atoms with Crippen LogP contribution in [0.25, 0.3) is 0 Å². The van der Waals surface area contributed by atoms with E-state index < -0.39 is 35.0 Å². The number of nitriles is 1. The normalized spacial score (nSPS) is 14.5. The van der Waals surface area contributed by atoms with Gasteiger partial charge in [0.1, 0.15) is 6.07 Å². The van der Waals surface area contributed by atoms with Crippen LogP contribution in [0.4, 0.5) is 32.0 Å². The van der Waals surface area contributed by atoms with Crippen LogP contribution < -0.4 is 0 Å². The number of alkyl halides is 6. The topological polar surface area (TPSA) is 95.0 Å². The second kappa shape index (κ2) is 9.58. The van der Waals surface area contributed by atoms with E-state index in [2.05, 4.69) is 10.2 Å². The Morgan fingerprint density at radius 3 is 2.00 bits per heavy atom. The van der Waals surface area contributed by atoms with Gasteiger partial charge in [0.25, 0.3) is 11.1 Å². The van der Waals surface area contributed by atoms with Crippen molar-refractivity contribution in [2.75, 3.05) is 6.61 Å². The van der Waals surface area contributed by atoms with Gasteiger partial charge in [0.15, 0.2) is 0 Å². The van der Waals surface area contributed by atoms with Gasteiger partial charge >= 0.3 is 18.3 Å². The fourth-order valence-electron chi connectivity index (χ4n) is 2.80. The smallest absolute Gasteiger partial charge is 0.430 e. The van der Waals surface area contributed by atoms with Gasteiger partial charge in [-0.1, -0.05) is 42.5 Å². The lowest BCUT2D eigenvalue weighted by atomic mass is 9.92. The molecule has 0 saturated carbocycles. The number of benzene rings is 2. The van der Waals surface area contributed by atoms with Crippen LogP contribution in [0.1, 0.15) is 18.1 Å². The second-order valence-corrected chi connectivity index (χ2v) is 6.81. The van der Waals surface area contributed by atoms with Crippen LogP contribution in [-0.4, -0.2) is 35.6 Å². The van der Waals surface area contributed by atoms with Crippen molar-refractivity contribution in [3.05, 3.63) is 65.7 Å². The maximum atomic E-state index is 13.0. The van der Waals surface area contributed by atoms with Crippen molar-refractivity contribution >= 4 is 11.7 Å². The number of halogens is 6. The van der Waals surface area contributed by atoms with Gasteiger partial charge in [-0.15, -0.1) is 0 Å². The Bertz CT molecular complexity index is 1020. The molecule has 0 aliphatic rings. The Labute approximate surface area is 184 Å². The number of ether oxygens (including phenoxy) is 1. The third-order valence-electron chi connectivity index (χ3n) is 4.54. The molecule has 0 fully saturated rings. The highest BCUT2D eigenvalue weighted by Gasteiger charge is 2.71. The summed E-state index contributed by atoms with van der Waals surface area (Å²) in [6.45, 7) is 1.43. The van der Waals surface area contributed by atoms with Crippen LogP contribution in [0.2, 0.25) is 0 Å². The Hall–Kier alpha value is -3.46. The molecule has 176 valence electrons. The number of rotatable bonds is 7. The van der Waals surface area contributed by atoms with Crippen molar-refractivity contribution in [2.45, 2.75) is 36.8 Å². The molecule has 0 heterocycles. The van der Waals surface area contributed by atoms with E-state index >= 15 is 0 Å². The number of esters is 1. The highest BCUT2D eigenvalue weighted by molar-refractivity contribution is 5.85. The molecule has 2 rings (SSSR count). The number of nitrogens with zero attached hydrogens (tertiary/aromatic N) is 3. The molecule has 0 spiro atoms. The fraction of sp³-hybridized carbons (Fsp3) is 0.333. The Morgan fingerprint density at radius 2 is 1.55 bits per heavy atom. The van der Waals surface area contributed by atoms with E-state index in [0.717, 1.165) is 12.1 Å². The van der Waals surface area contributed by atoms with Crippen molar-refractivity contribution in [1.82, 2.24) is 0 Å². The maximum Gasteiger partial charge on any atom is 0.430 e. The van der Waals surface area contributed by atoms with Gasteiger partial charge in [-0.3, -0.25) is 0 Å². The molecule has 6 nitrogen and oxygen atoms in total. The van der Waals surface area contributed by atoms with Gasteiger partial charge in [-0.2, -0.15) is 41.8 Å². The standard InChI is InChI=1S/C21H17F6N3O3/c1-2-33-17(31)18(13-28,12-14-6-4-3-5-7-14)30-29-16-10-8-15(9-11-16)19(32,20(22,23)24)21(25,26)27/h3-11,32H,2,12H2,1H3. The quantitative estimate of drug-likeness (QED) is 0.342. The SMILES string of the molecule is CCOC(=O)C(C#N)(Cc1ccccc1)N=Nc1ccc(C(O)(C(F)(F)F)C(F)(F)F)cc1. The van der Waals surface area contributed by atoms with Gasteiger partial charge in [-0.05, 0) is 24.6 Å². The molecule has 1 atom stereocenters. The summed E-state index contributed by atoms with van der Waals surface area (Å²) in [7, 11) is 0. The lowest BCUT2D eigenvalue weighted by molar-refractivity contribution is -0.376. The summed E-state index contributed by atoms with van der Waals surface area (Å²) < 4.78 is 82.9. The third kappa shape index (κ3) is 5.31. The molecule has 2 aromatic carbocycles. The van der Waals surface area contributed by atoms with Crippen LogP contribution in [0.3, 0.4) is 0 Å². The zero-order valence-electron chi connectivity index (χ0n) is 17.0. The summed E-state index contributed by atoms with van der Waals surface area (Å²) in [6.07, 6.45) is -12.3. The molecular weight excluding hydrogens is 456 g/mol. The summed E-state index contributed by atoms with van der Waals surface area (Å²) >= 11 is 0. The average Bonchev–Trinajstić information content (AvgIpc) is 2.75. The molecule has 2 aromatic rings. The van der Waals surface area contributed by atoms with Gasteiger partial charge in [0.2, 0.25) is 0 Å². The van der Waals surface area contributed by atoms with Crippen LogP contribution >= 0.6 is 0 Å². The van der Waals surface area contributed by atoms with Crippen molar-refractivity contribution in [3.8, 4) is 6.07 Å². The monoisotopic (exact) mass is 473 g/mol. The number of hydrogen-bond donors (Lipinski definition) is 1. The number of carbonyl (C=O) groups excluding carboxylic acids is 1. The molecule has 0 aliphatic heterocycles. The zero-order valence-corrected chi connectivity index (χ0v) is 17.0. The largest absolute Gasteiger partial charge is 0.463 e. The van der Waals surface area contributed by atoms with Crippen molar-refractivity contribution in [1.29, 1.82) is 5.26 Å². The maximum absolute atomic E-state index is 13.0. The lowest BCUT2D eigenvalue weighted by Crippen LogP contribution is -2.53. The van der Waals surface area contributed by atoms with E-state index in [4.69, 9.17) is 4.74 Å². The van der Waals surface area contributed by atoms with Crippen molar-refractivity contribution < 1.29 is 41.0 Å². The first-order valence-electron chi connectivity index (χ1n) is 9.32. The predicted octanol–water partition coefficient (Wildman–Crippen LogP) is 5.15. The van der Waals surface area contributed by atoms with E-state index in [1.807, 2.05) is 0 Å². The minimum absolute atomic E-state index is 0.0747. The molecule has 0 aliphatic carbocycles. The highest BCUT2D eigenvalue weighted by Crippen LogP contribution is 2.50. The fourth-order valence-corrected chi connectivity index (χ4v) is 2.80. The van der Waals surface area contributed by atoms with Crippen LogP contribution in [0, 0.1) is 11.3 Å². The molecule has 1 N–H and O–H groups in total. The Balaban J connectivity index is 2.44. The highest BCUT2D eigenvalue weighted by atomic mass is 19.4. The minimum atomic E-state index is -6.04. The molecule has 12 heteroatoms. The van der Waals surface area contributed by atoms with E-state index in [0.29, 0.717) is 17.7 Å². The van der Waals surface area contributed by atoms with Gasteiger partial charge in [0, 0.05) is 12.0 Å². The molecule has 0 radical (unpaired) electrons. The summed E-state index contributed by atoms with van der Waals surface area (Å²) in [5, 5.41) is 26.5. The van der Waals surface area contributed by atoms with E-state index in [-0.39, 0.29) is 18.7 Å². The van der Waals surface area contributed by atoms with Gasteiger partial charge in [0.05, 0.1) is 12.3 Å². The molecule has 0 amide bonds. The predicted molar refractivity (Wildman–Crippen MR) is 102 cm³/mol. The van der Waals surface area contributed by atoms with Gasteiger partial charge in [-0.25, -0.2) is 4.79 Å². The average molecular weight is 473 g/mol. The summed E-state index contributed by atoms with van der Waals surface area (Å²) in [4.78, 5) is 12.4. The van der Waals surface area contributed by atoms with Crippen molar-refractivity contribution in [2.24, 2.45) is 10.2 Å². The molecular formula is C21H17F6N3O3. The Kier molecular flexibility index (Phi) is 7.49. The first kappa shape index (κ1) is 25.8. The summed E-state index contributed by atoms with van der Waals surface area (Å²) in [6, 6.07) is 12.2. The molecule has 0 aromatic heterocycles. The molecule has 0 bridgehead atoms. The van der Waals surface area contributed by atoms with Crippen LogP contribution in [-0.2, 0) is 21.6 Å². The van der Waals surface area contributed by atoms with Crippen LogP contribution in [0.15, 0.2) is 64.8 Å². The van der Waals surface area contributed by atoms with Gasteiger partial charge < -0.3 is 9.84 Å². The first-order chi connectivity index (χ1) is 15.3. The molecule has 33 heavy (non-hydrogen) atoms. The minimum Gasteiger partial charge on any atom is -0.463 e. The molecule has 1 unspecified atom stereocenters. The number of azo groups is 1. The number of hydrogen-bond acceptors (Lipinski definition) is 6. The number of aliphatic hydroxyl groups is 1. The second-order valence-electron chi connectivity index (χ2n) is 6.81. The molecule has 0 saturated heterocycles. The van der Waals surface area contributed by atoms with E-state index in [1.54, 1.807) is 36.4 Å². The third-order valence-corrected chi connectivity index (χ3v) is 4.54. The van der Waals surface area contributed by atoms with Crippen molar-refractivity contribution in [3.63, 3.8) is 0 Å². The number of carbonyl (C=O) groups is 1. The summed E-state index contributed by atoms with van der Waals surface area (Å²) in [5.74, 6) is -1.03. The van der Waals surface area contributed by atoms with Crippen LogP contribution in [0.5, 0.6) is 0 Å². The van der Waals surface area contributed by atoms with E-state index in [9.17, 15) is 41.5 Å².